The van der Waals surface area contributed by atoms with Gasteiger partial charge in [0.1, 0.15) is 12.4 Å². The number of aliphatic imine (C=N–C) groups is 1. The molecule has 6 nitrogen and oxygen atoms in total. The number of benzene rings is 1. The molecule has 0 spiro atoms. The lowest BCUT2D eigenvalue weighted by Crippen LogP contribution is -2.45. The number of nitrogens with one attached hydrogen (secondary N) is 2. The summed E-state index contributed by atoms with van der Waals surface area (Å²) in [7, 11) is 0. The van der Waals surface area contributed by atoms with Gasteiger partial charge in [-0.15, -0.1) is 24.0 Å². The lowest BCUT2D eigenvalue weighted by molar-refractivity contribution is -0.135. The molecule has 1 amide bonds. The first-order valence-electron chi connectivity index (χ1n) is 10.8. The van der Waals surface area contributed by atoms with Crippen LogP contribution in [0.15, 0.2) is 35.3 Å². The zero-order valence-electron chi connectivity index (χ0n) is 17.4. The van der Waals surface area contributed by atoms with Crippen LogP contribution in [0, 0.1) is 5.92 Å². The number of hydrogen-bond acceptors (Lipinski definition) is 3. The molecule has 1 aliphatic heterocycles. The fourth-order valence-electron chi connectivity index (χ4n) is 4.04. The lowest BCUT2D eigenvalue weighted by Gasteiger charge is -2.26. The van der Waals surface area contributed by atoms with Gasteiger partial charge in [-0.3, -0.25) is 4.79 Å². The standard InChI is InChI=1S/C22H34N4O2.HI/c1-2-23-22(24-14-16-28-20-11-7-4-8-12-20)25-19-13-15-26(17-19)21(27)18-9-5-3-6-10-18;/h4,7-8,11-12,18-19H,2-3,5-6,9-10,13-17H2,1H3,(H2,23,24,25);1H. The van der Waals surface area contributed by atoms with Crippen LogP contribution in [0.3, 0.4) is 0 Å². The van der Waals surface area contributed by atoms with Crippen LogP contribution in [-0.2, 0) is 4.79 Å². The van der Waals surface area contributed by atoms with Gasteiger partial charge in [0.05, 0.1) is 6.54 Å². The van der Waals surface area contributed by atoms with E-state index in [1.165, 1.54) is 19.3 Å². The molecule has 0 aromatic heterocycles. The van der Waals surface area contributed by atoms with Crippen LogP contribution >= 0.6 is 24.0 Å². The molecule has 1 aromatic rings. The molecule has 2 fully saturated rings. The third-order valence-electron chi connectivity index (χ3n) is 5.51. The number of para-hydroxylation sites is 1. The van der Waals surface area contributed by atoms with Gasteiger partial charge in [-0.1, -0.05) is 37.5 Å². The minimum Gasteiger partial charge on any atom is -0.492 e. The van der Waals surface area contributed by atoms with Crippen molar-refractivity contribution in [1.29, 1.82) is 0 Å². The zero-order valence-corrected chi connectivity index (χ0v) is 19.8. The largest absolute Gasteiger partial charge is 0.492 e. The monoisotopic (exact) mass is 514 g/mol. The molecule has 29 heavy (non-hydrogen) atoms. The summed E-state index contributed by atoms with van der Waals surface area (Å²) in [6.45, 7) is 5.62. The summed E-state index contributed by atoms with van der Waals surface area (Å²) in [5.41, 5.74) is 0. The van der Waals surface area contributed by atoms with Crippen molar-refractivity contribution in [3.8, 4) is 5.75 Å². The van der Waals surface area contributed by atoms with Gasteiger partial charge in [0, 0.05) is 31.6 Å². The number of hydrogen-bond donors (Lipinski definition) is 2. The Bertz CT molecular complexity index is 635. The number of nitrogens with zero attached hydrogens (tertiary/aromatic N) is 2. The van der Waals surface area contributed by atoms with Crippen molar-refractivity contribution in [2.24, 2.45) is 10.9 Å². The van der Waals surface area contributed by atoms with Crippen molar-refractivity contribution in [2.45, 2.75) is 51.5 Å². The van der Waals surface area contributed by atoms with Gasteiger partial charge in [-0.2, -0.15) is 0 Å². The smallest absolute Gasteiger partial charge is 0.225 e. The maximum Gasteiger partial charge on any atom is 0.225 e. The molecule has 0 bridgehead atoms. The molecule has 2 N–H and O–H groups in total. The van der Waals surface area contributed by atoms with Crippen molar-refractivity contribution >= 4 is 35.8 Å². The lowest BCUT2D eigenvalue weighted by atomic mass is 9.88. The minimum absolute atomic E-state index is 0. The van der Waals surface area contributed by atoms with Crippen molar-refractivity contribution in [2.75, 3.05) is 32.8 Å². The average molecular weight is 514 g/mol. The second-order valence-corrected chi connectivity index (χ2v) is 7.67. The quantitative estimate of drug-likeness (QED) is 0.253. The third-order valence-corrected chi connectivity index (χ3v) is 5.51. The van der Waals surface area contributed by atoms with Gasteiger partial charge < -0.3 is 20.3 Å². The predicted octanol–water partition coefficient (Wildman–Crippen LogP) is 3.42. The van der Waals surface area contributed by atoms with Gasteiger partial charge in [0.25, 0.3) is 0 Å². The highest BCUT2D eigenvalue weighted by Gasteiger charge is 2.31. The van der Waals surface area contributed by atoms with E-state index in [0.29, 0.717) is 19.1 Å². The van der Waals surface area contributed by atoms with Crippen LogP contribution < -0.4 is 15.4 Å². The van der Waals surface area contributed by atoms with E-state index in [4.69, 9.17) is 4.74 Å². The fourth-order valence-corrected chi connectivity index (χ4v) is 4.04. The zero-order chi connectivity index (χ0) is 19.6. The first-order valence-corrected chi connectivity index (χ1v) is 10.8. The highest BCUT2D eigenvalue weighted by Crippen LogP contribution is 2.26. The Morgan fingerprint density at radius 1 is 1.17 bits per heavy atom. The van der Waals surface area contributed by atoms with Crippen LogP contribution in [0.25, 0.3) is 0 Å². The summed E-state index contributed by atoms with van der Waals surface area (Å²) in [6, 6.07) is 10.1. The van der Waals surface area contributed by atoms with Crippen molar-refractivity contribution < 1.29 is 9.53 Å². The summed E-state index contributed by atoms with van der Waals surface area (Å²) in [4.78, 5) is 19.4. The molecule has 0 radical (unpaired) electrons. The van der Waals surface area contributed by atoms with Crippen molar-refractivity contribution in [3.63, 3.8) is 0 Å². The van der Waals surface area contributed by atoms with Gasteiger partial charge in [-0.05, 0) is 38.3 Å². The number of halogens is 1. The summed E-state index contributed by atoms with van der Waals surface area (Å²) >= 11 is 0. The number of likely N-dealkylation sites (tertiary alicyclic amines) is 1. The summed E-state index contributed by atoms with van der Waals surface area (Å²) in [5.74, 6) is 2.28. The average Bonchev–Trinajstić information content (AvgIpc) is 3.20. The summed E-state index contributed by atoms with van der Waals surface area (Å²) < 4.78 is 5.70. The maximum atomic E-state index is 12.7. The number of guanidine groups is 1. The number of ether oxygens (including phenoxy) is 1. The molecular formula is C22H35IN4O2. The van der Waals surface area contributed by atoms with Crippen LogP contribution in [0.4, 0.5) is 0 Å². The summed E-state index contributed by atoms with van der Waals surface area (Å²) in [5, 5.41) is 6.79. The molecule has 3 rings (SSSR count). The molecular weight excluding hydrogens is 479 g/mol. The number of rotatable bonds is 7. The van der Waals surface area contributed by atoms with Gasteiger partial charge in [0.15, 0.2) is 5.96 Å². The van der Waals surface area contributed by atoms with E-state index in [2.05, 4.69) is 27.4 Å². The first kappa shape index (κ1) is 23.8. The van der Waals surface area contributed by atoms with E-state index in [0.717, 1.165) is 50.6 Å². The third kappa shape index (κ3) is 7.68. The van der Waals surface area contributed by atoms with E-state index >= 15 is 0 Å². The molecule has 1 aromatic carbocycles. The highest BCUT2D eigenvalue weighted by molar-refractivity contribution is 14.0. The van der Waals surface area contributed by atoms with Gasteiger partial charge >= 0.3 is 0 Å². The van der Waals surface area contributed by atoms with E-state index in [-0.39, 0.29) is 35.9 Å². The van der Waals surface area contributed by atoms with Crippen LogP contribution in [0.5, 0.6) is 5.75 Å². The number of carbonyl (C=O) groups is 1. The van der Waals surface area contributed by atoms with E-state index < -0.39 is 0 Å². The van der Waals surface area contributed by atoms with Crippen molar-refractivity contribution in [3.05, 3.63) is 30.3 Å². The van der Waals surface area contributed by atoms with E-state index in [1.54, 1.807) is 0 Å². The Labute approximate surface area is 191 Å². The molecule has 2 aliphatic rings. The molecule has 1 heterocycles. The van der Waals surface area contributed by atoms with Gasteiger partial charge in [0.2, 0.25) is 5.91 Å². The Balaban J connectivity index is 0.00000300. The predicted molar refractivity (Wildman–Crippen MR) is 128 cm³/mol. The molecule has 1 aliphatic carbocycles. The normalized spacial score (nSPS) is 20.1. The molecule has 162 valence electrons. The van der Waals surface area contributed by atoms with E-state index in [9.17, 15) is 4.79 Å². The Morgan fingerprint density at radius 2 is 1.93 bits per heavy atom. The minimum atomic E-state index is 0. The van der Waals surface area contributed by atoms with Gasteiger partial charge in [-0.25, -0.2) is 4.99 Å². The van der Waals surface area contributed by atoms with Crippen LogP contribution in [-0.4, -0.2) is 55.6 Å². The van der Waals surface area contributed by atoms with Crippen molar-refractivity contribution in [1.82, 2.24) is 15.5 Å². The Kier molecular flexibility index (Phi) is 10.6. The van der Waals surface area contributed by atoms with Crippen LogP contribution in [0.2, 0.25) is 0 Å². The Morgan fingerprint density at radius 3 is 2.66 bits per heavy atom. The summed E-state index contributed by atoms with van der Waals surface area (Å²) in [6.07, 6.45) is 6.80. The molecule has 1 unspecified atom stereocenters. The highest BCUT2D eigenvalue weighted by atomic mass is 127. The SMILES string of the molecule is CCNC(=NCCOc1ccccc1)NC1CCN(C(=O)C2CCCCC2)C1.I. The topological polar surface area (TPSA) is 66.0 Å². The second-order valence-electron chi connectivity index (χ2n) is 7.67. The maximum absolute atomic E-state index is 12.7. The number of amides is 1. The fraction of sp³-hybridized carbons (Fsp3) is 0.636. The molecule has 1 atom stereocenters. The first-order chi connectivity index (χ1) is 13.8. The number of carbonyl (C=O) groups excluding carboxylic acids is 1. The molecule has 1 saturated carbocycles. The van der Waals surface area contributed by atoms with E-state index in [1.807, 2.05) is 30.3 Å². The van der Waals surface area contributed by atoms with Crippen LogP contribution in [0.1, 0.15) is 45.4 Å². The second kappa shape index (κ2) is 12.9. The molecule has 1 saturated heterocycles. The molecule has 7 heteroatoms. The Hall–Kier alpha value is -1.51.